The van der Waals surface area contributed by atoms with Crippen molar-refractivity contribution in [1.82, 2.24) is 0 Å². The van der Waals surface area contributed by atoms with Crippen LogP contribution in [-0.2, 0) is 12.8 Å². The van der Waals surface area contributed by atoms with E-state index in [0.29, 0.717) is 5.92 Å². The van der Waals surface area contributed by atoms with Gasteiger partial charge in [0, 0.05) is 0 Å². The molecule has 20 heavy (non-hydrogen) atoms. The molecule has 0 amide bonds. The van der Waals surface area contributed by atoms with Crippen LogP contribution in [0.15, 0.2) is 42.5 Å². The SMILES string of the molecule is Cc1ccc(CC(O)CC2Cc3ccccc32)cc1C. The highest BCUT2D eigenvalue weighted by Gasteiger charge is 2.27. The van der Waals surface area contributed by atoms with Gasteiger partial charge in [-0.2, -0.15) is 0 Å². The first-order valence-corrected chi connectivity index (χ1v) is 7.45. The van der Waals surface area contributed by atoms with Crippen LogP contribution in [0.4, 0.5) is 0 Å². The maximum atomic E-state index is 10.3. The Bertz CT molecular complexity index is 615. The molecule has 0 aliphatic heterocycles. The molecule has 0 heterocycles. The van der Waals surface area contributed by atoms with Gasteiger partial charge in [-0.15, -0.1) is 0 Å². The molecule has 1 N–H and O–H groups in total. The molecule has 0 saturated carbocycles. The maximum absolute atomic E-state index is 10.3. The molecule has 0 aromatic heterocycles. The van der Waals surface area contributed by atoms with E-state index in [9.17, 15) is 5.11 Å². The molecule has 3 rings (SSSR count). The Labute approximate surface area is 121 Å². The molecule has 0 bridgehead atoms. The van der Waals surface area contributed by atoms with E-state index in [2.05, 4.69) is 56.3 Å². The van der Waals surface area contributed by atoms with Gasteiger partial charge in [0.05, 0.1) is 6.10 Å². The summed E-state index contributed by atoms with van der Waals surface area (Å²) >= 11 is 0. The Morgan fingerprint density at radius 2 is 1.90 bits per heavy atom. The van der Waals surface area contributed by atoms with Gasteiger partial charge in [-0.1, -0.05) is 42.5 Å². The molecule has 0 saturated heterocycles. The number of aliphatic hydroxyl groups is 1. The maximum Gasteiger partial charge on any atom is 0.0586 e. The predicted octanol–water partition coefficient (Wildman–Crippen LogP) is 3.94. The summed E-state index contributed by atoms with van der Waals surface area (Å²) in [4.78, 5) is 0. The highest BCUT2D eigenvalue weighted by molar-refractivity contribution is 5.40. The van der Waals surface area contributed by atoms with Gasteiger partial charge in [-0.05, 0) is 66.8 Å². The fourth-order valence-electron chi connectivity index (χ4n) is 3.19. The molecule has 1 aliphatic carbocycles. The Balaban J connectivity index is 1.61. The standard InChI is InChI=1S/C19H22O/c1-13-7-8-15(9-14(13)2)10-18(20)12-17-11-16-5-3-4-6-19(16)17/h3-9,17-18,20H,10-12H2,1-2H3. The lowest BCUT2D eigenvalue weighted by atomic mass is 9.74. The highest BCUT2D eigenvalue weighted by atomic mass is 16.3. The first-order chi connectivity index (χ1) is 9.63. The van der Waals surface area contributed by atoms with Gasteiger partial charge in [0.25, 0.3) is 0 Å². The van der Waals surface area contributed by atoms with Crippen LogP contribution in [0.25, 0.3) is 0 Å². The van der Waals surface area contributed by atoms with Crippen LogP contribution in [-0.4, -0.2) is 11.2 Å². The molecule has 1 aliphatic rings. The van der Waals surface area contributed by atoms with Crippen LogP contribution in [0.3, 0.4) is 0 Å². The van der Waals surface area contributed by atoms with Crippen LogP contribution in [0.1, 0.15) is 40.2 Å². The van der Waals surface area contributed by atoms with Gasteiger partial charge in [-0.25, -0.2) is 0 Å². The Hall–Kier alpha value is -1.60. The summed E-state index contributed by atoms with van der Waals surface area (Å²) in [6.07, 6.45) is 2.53. The van der Waals surface area contributed by atoms with Gasteiger partial charge in [0.2, 0.25) is 0 Å². The molecule has 2 aromatic rings. The number of hydrogen-bond acceptors (Lipinski definition) is 1. The van der Waals surface area contributed by atoms with E-state index < -0.39 is 0 Å². The highest BCUT2D eigenvalue weighted by Crippen LogP contribution is 2.38. The summed E-state index contributed by atoms with van der Waals surface area (Å²) in [6.45, 7) is 4.26. The van der Waals surface area contributed by atoms with E-state index in [-0.39, 0.29) is 6.10 Å². The second kappa shape index (κ2) is 5.41. The number of benzene rings is 2. The first-order valence-electron chi connectivity index (χ1n) is 7.45. The predicted molar refractivity (Wildman–Crippen MR) is 83.1 cm³/mol. The van der Waals surface area contributed by atoms with Crippen molar-refractivity contribution in [2.45, 2.75) is 45.1 Å². The lowest BCUT2D eigenvalue weighted by Gasteiger charge is -2.31. The zero-order chi connectivity index (χ0) is 14.1. The van der Waals surface area contributed by atoms with Crippen LogP contribution in [0.5, 0.6) is 0 Å². The second-order valence-electron chi connectivity index (χ2n) is 6.11. The minimum absolute atomic E-state index is 0.240. The zero-order valence-corrected chi connectivity index (χ0v) is 12.3. The topological polar surface area (TPSA) is 20.2 Å². The molecule has 2 atom stereocenters. The summed E-state index contributed by atoms with van der Waals surface area (Å²) in [5, 5.41) is 10.3. The van der Waals surface area contributed by atoms with Crippen molar-refractivity contribution in [1.29, 1.82) is 0 Å². The van der Waals surface area contributed by atoms with E-state index in [1.54, 1.807) is 0 Å². The largest absolute Gasteiger partial charge is 0.393 e. The summed E-state index contributed by atoms with van der Waals surface area (Å²) in [5.74, 6) is 0.549. The molecular weight excluding hydrogens is 244 g/mol. The van der Waals surface area contributed by atoms with Gasteiger partial charge in [-0.3, -0.25) is 0 Å². The normalized spacial score (nSPS) is 18.2. The van der Waals surface area contributed by atoms with Crippen LogP contribution >= 0.6 is 0 Å². The van der Waals surface area contributed by atoms with Crippen molar-refractivity contribution in [2.24, 2.45) is 0 Å². The van der Waals surface area contributed by atoms with Gasteiger partial charge < -0.3 is 5.11 Å². The third kappa shape index (κ3) is 2.64. The molecule has 2 aromatic carbocycles. The van der Waals surface area contributed by atoms with Crippen molar-refractivity contribution >= 4 is 0 Å². The van der Waals surface area contributed by atoms with Gasteiger partial charge >= 0.3 is 0 Å². The average molecular weight is 266 g/mol. The fraction of sp³-hybridized carbons (Fsp3) is 0.368. The average Bonchev–Trinajstić information content (AvgIpc) is 2.40. The zero-order valence-electron chi connectivity index (χ0n) is 12.3. The van der Waals surface area contributed by atoms with Gasteiger partial charge in [0.1, 0.15) is 0 Å². The third-order valence-corrected chi connectivity index (χ3v) is 4.56. The second-order valence-corrected chi connectivity index (χ2v) is 6.11. The molecule has 1 heteroatoms. The van der Waals surface area contributed by atoms with Crippen molar-refractivity contribution in [3.8, 4) is 0 Å². The molecule has 1 nitrogen and oxygen atoms in total. The fourth-order valence-corrected chi connectivity index (χ4v) is 3.19. The van der Waals surface area contributed by atoms with E-state index in [1.165, 1.54) is 27.8 Å². The molecule has 0 fully saturated rings. The molecule has 0 radical (unpaired) electrons. The van der Waals surface area contributed by atoms with Gasteiger partial charge in [0.15, 0.2) is 0 Å². The quantitative estimate of drug-likeness (QED) is 0.888. The molecule has 2 unspecified atom stereocenters. The van der Waals surface area contributed by atoms with E-state index >= 15 is 0 Å². The Kier molecular flexibility index (Phi) is 3.62. The van der Waals surface area contributed by atoms with Crippen molar-refractivity contribution < 1.29 is 5.11 Å². The smallest absolute Gasteiger partial charge is 0.0586 e. The Morgan fingerprint density at radius 3 is 2.65 bits per heavy atom. The van der Waals surface area contributed by atoms with Crippen molar-refractivity contribution in [2.75, 3.05) is 0 Å². The summed E-state index contributed by atoms with van der Waals surface area (Å²) in [7, 11) is 0. The molecular formula is C19H22O. The number of aryl methyl sites for hydroxylation is 2. The number of aliphatic hydroxyl groups excluding tert-OH is 1. The van der Waals surface area contributed by atoms with Crippen LogP contribution in [0, 0.1) is 13.8 Å². The molecule has 0 spiro atoms. The minimum atomic E-state index is -0.240. The Morgan fingerprint density at radius 1 is 1.10 bits per heavy atom. The number of hydrogen-bond donors (Lipinski definition) is 1. The molecule has 104 valence electrons. The summed E-state index contributed by atoms with van der Waals surface area (Å²) in [6, 6.07) is 15.1. The monoisotopic (exact) mass is 266 g/mol. The minimum Gasteiger partial charge on any atom is -0.393 e. The van der Waals surface area contributed by atoms with Crippen molar-refractivity contribution in [3.63, 3.8) is 0 Å². The van der Waals surface area contributed by atoms with E-state index in [0.717, 1.165) is 19.3 Å². The number of rotatable bonds is 4. The first kappa shape index (κ1) is 13.4. The van der Waals surface area contributed by atoms with Crippen LogP contribution < -0.4 is 0 Å². The number of fused-ring (bicyclic) bond motifs is 1. The lowest BCUT2D eigenvalue weighted by Crippen LogP contribution is -2.23. The van der Waals surface area contributed by atoms with Crippen LogP contribution in [0.2, 0.25) is 0 Å². The summed E-state index contributed by atoms with van der Waals surface area (Å²) < 4.78 is 0. The summed E-state index contributed by atoms with van der Waals surface area (Å²) in [5.41, 5.74) is 6.76. The lowest BCUT2D eigenvalue weighted by molar-refractivity contribution is 0.151. The third-order valence-electron chi connectivity index (χ3n) is 4.56. The van der Waals surface area contributed by atoms with Crippen molar-refractivity contribution in [3.05, 3.63) is 70.3 Å². The van der Waals surface area contributed by atoms with E-state index in [4.69, 9.17) is 0 Å². The van der Waals surface area contributed by atoms with E-state index in [1.807, 2.05) is 0 Å².